The Kier molecular flexibility index (Phi) is 5.15. The van der Waals surface area contributed by atoms with Crippen LogP contribution in [0.5, 0.6) is 5.88 Å². The van der Waals surface area contributed by atoms with Crippen LogP contribution >= 0.6 is 0 Å². The van der Waals surface area contributed by atoms with E-state index in [2.05, 4.69) is 10.3 Å². The molecule has 5 nitrogen and oxygen atoms in total. The molecule has 1 aliphatic rings. The van der Waals surface area contributed by atoms with Gasteiger partial charge in [-0.1, -0.05) is 0 Å². The normalized spacial score (nSPS) is 18.3. The van der Waals surface area contributed by atoms with E-state index in [1.54, 1.807) is 13.3 Å². The summed E-state index contributed by atoms with van der Waals surface area (Å²) in [6, 6.07) is 3.68. The number of methoxy groups -OCH3 is 1. The predicted octanol–water partition coefficient (Wildman–Crippen LogP) is 1.67. The molecule has 2 rings (SSSR count). The molecule has 1 fully saturated rings. The van der Waals surface area contributed by atoms with Crippen LogP contribution in [-0.2, 0) is 16.1 Å². The van der Waals surface area contributed by atoms with Gasteiger partial charge in [-0.05, 0) is 30.9 Å². The molecular formula is C14H20N2O3. The van der Waals surface area contributed by atoms with E-state index >= 15 is 0 Å². The molecule has 1 aromatic rings. The molecular weight excluding hydrogens is 244 g/mol. The van der Waals surface area contributed by atoms with Crippen molar-refractivity contribution in [1.82, 2.24) is 10.3 Å². The van der Waals surface area contributed by atoms with Crippen molar-refractivity contribution < 1.29 is 14.3 Å². The Morgan fingerprint density at radius 2 is 2.53 bits per heavy atom. The van der Waals surface area contributed by atoms with Gasteiger partial charge in [0.15, 0.2) is 0 Å². The summed E-state index contributed by atoms with van der Waals surface area (Å²) >= 11 is 0. The average molecular weight is 264 g/mol. The number of nitrogens with zero attached hydrogens (tertiary/aromatic N) is 1. The van der Waals surface area contributed by atoms with Crippen LogP contribution in [0.4, 0.5) is 0 Å². The number of carbonyl (C=O) groups is 1. The van der Waals surface area contributed by atoms with Gasteiger partial charge in [-0.25, -0.2) is 4.98 Å². The molecule has 5 heteroatoms. The highest BCUT2D eigenvalue weighted by Gasteiger charge is 2.16. The number of rotatable bonds is 6. The molecule has 104 valence electrons. The Morgan fingerprint density at radius 3 is 3.26 bits per heavy atom. The second kappa shape index (κ2) is 7.09. The lowest BCUT2D eigenvalue weighted by Gasteiger charge is -2.09. The number of hydrogen-bond donors (Lipinski definition) is 1. The molecule has 1 amide bonds. The highest BCUT2D eigenvalue weighted by molar-refractivity contribution is 5.75. The fourth-order valence-corrected chi connectivity index (χ4v) is 2.13. The number of carbonyl (C=O) groups excluding carboxylic acids is 1. The van der Waals surface area contributed by atoms with Crippen LogP contribution in [0.1, 0.15) is 31.2 Å². The number of aromatic nitrogens is 1. The Labute approximate surface area is 113 Å². The lowest BCUT2D eigenvalue weighted by atomic mass is 10.1. The van der Waals surface area contributed by atoms with E-state index in [1.165, 1.54) is 0 Å². The van der Waals surface area contributed by atoms with Gasteiger partial charge in [-0.3, -0.25) is 4.79 Å². The number of pyridine rings is 1. The molecule has 0 bridgehead atoms. The molecule has 1 atom stereocenters. The lowest BCUT2D eigenvalue weighted by molar-refractivity contribution is -0.121. The van der Waals surface area contributed by atoms with Crippen molar-refractivity contribution in [3.63, 3.8) is 0 Å². The Morgan fingerprint density at radius 1 is 1.63 bits per heavy atom. The number of ether oxygens (including phenoxy) is 2. The minimum atomic E-state index is 0.0614. The molecule has 19 heavy (non-hydrogen) atoms. The highest BCUT2D eigenvalue weighted by atomic mass is 16.5. The first-order valence-electron chi connectivity index (χ1n) is 6.65. The van der Waals surface area contributed by atoms with Crippen molar-refractivity contribution in [3.8, 4) is 5.88 Å². The maximum Gasteiger partial charge on any atom is 0.220 e. The Hall–Kier alpha value is -1.62. The molecule has 0 radical (unpaired) electrons. The second-order valence-electron chi connectivity index (χ2n) is 4.66. The molecule has 0 aliphatic carbocycles. The summed E-state index contributed by atoms with van der Waals surface area (Å²) < 4.78 is 10.5. The summed E-state index contributed by atoms with van der Waals surface area (Å²) in [5.41, 5.74) is 0.984. The third-order valence-corrected chi connectivity index (χ3v) is 3.22. The summed E-state index contributed by atoms with van der Waals surface area (Å²) in [6.45, 7) is 1.34. The lowest BCUT2D eigenvalue weighted by Crippen LogP contribution is -2.23. The Bertz CT molecular complexity index is 417. The predicted molar refractivity (Wildman–Crippen MR) is 70.8 cm³/mol. The first kappa shape index (κ1) is 13.8. The molecule has 1 aromatic heterocycles. The van der Waals surface area contributed by atoms with Gasteiger partial charge in [-0.15, -0.1) is 0 Å². The molecule has 1 saturated heterocycles. The standard InChI is InChI=1S/C14H20N2O3/c1-18-14-9-11(6-7-15-14)10-16-13(17)5-4-12-3-2-8-19-12/h6-7,9,12H,2-5,8,10H2,1H3,(H,16,17). The van der Waals surface area contributed by atoms with E-state index in [0.29, 0.717) is 18.8 Å². The Balaban J connectivity index is 1.70. The zero-order valence-electron chi connectivity index (χ0n) is 11.2. The van der Waals surface area contributed by atoms with Gasteiger partial charge in [0.25, 0.3) is 0 Å². The van der Waals surface area contributed by atoms with Crippen molar-refractivity contribution in [2.24, 2.45) is 0 Å². The average Bonchev–Trinajstić information content (AvgIpc) is 2.96. The smallest absolute Gasteiger partial charge is 0.220 e. The summed E-state index contributed by atoms with van der Waals surface area (Å²) in [5, 5.41) is 2.90. The molecule has 2 heterocycles. The van der Waals surface area contributed by atoms with Gasteiger partial charge in [0, 0.05) is 31.8 Å². The van der Waals surface area contributed by atoms with Gasteiger partial charge in [0.05, 0.1) is 13.2 Å². The van der Waals surface area contributed by atoms with Gasteiger partial charge < -0.3 is 14.8 Å². The summed E-state index contributed by atoms with van der Waals surface area (Å²) in [4.78, 5) is 15.7. The van der Waals surface area contributed by atoms with Crippen LogP contribution < -0.4 is 10.1 Å². The van der Waals surface area contributed by atoms with Crippen LogP contribution in [0, 0.1) is 0 Å². The first-order valence-corrected chi connectivity index (χ1v) is 6.65. The first-order chi connectivity index (χ1) is 9.28. The van der Waals surface area contributed by atoms with Crippen LogP contribution in [0.25, 0.3) is 0 Å². The quantitative estimate of drug-likeness (QED) is 0.849. The molecule has 1 aliphatic heterocycles. The topological polar surface area (TPSA) is 60.5 Å². The van der Waals surface area contributed by atoms with Crippen molar-refractivity contribution in [2.45, 2.75) is 38.3 Å². The number of nitrogens with one attached hydrogen (secondary N) is 1. The molecule has 0 saturated carbocycles. The SMILES string of the molecule is COc1cc(CNC(=O)CCC2CCCO2)ccn1. The minimum absolute atomic E-state index is 0.0614. The number of amides is 1. The van der Waals surface area contributed by atoms with Gasteiger partial charge in [0.2, 0.25) is 11.8 Å². The summed E-state index contributed by atoms with van der Waals surface area (Å²) in [7, 11) is 1.58. The van der Waals surface area contributed by atoms with Crippen molar-refractivity contribution in [1.29, 1.82) is 0 Å². The summed E-state index contributed by atoms with van der Waals surface area (Å²) in [6.07, 6.45) is 5.47. The molecule has 1 N–H and O–H groups in total. The molecule has 0 spiro atoms. The molecule has 0 aromatic carbocycles. The monoisotopic (exact) mass is 264 g/mol. The largest absolute Gasteiger partial charge is 0.481 e. The van der Waals surface area contributed by atoms with Crippen LogP contribution in [0.2, 0.25) is 0 Å². The number of hydrogen-bond acceptors (Lipinski definition) is 4. The maximum absolute atomic E-state index is 11.7. The van der Waals surface area contributed by atoms with Crippen LogP contribution in [0.3, 0.4) is 0 Å². The van der Waals surface area contributed by atoms with Crippen LogP contribution in [0.15, 0.2) is 18.3 Å². The second-order valence-corrected chi connectivity index (χ2v) is 4.66. The fraction of sp³-hybridized carbons (Fsp3) is 0.571. The highest BCUT2D eigenvalue weighted by Crippen LogP contribution is 2.16. The zero-order valence-corrected chi connectivity index (χ0v) is 11.2. The van der Waals surface area contributed by atoms with E-state index in [-0.39, 0.29) is 12.0 Å². The van der Waals surface area contributed by atoms with E-state index in [4.69, 9.17) is 9.47 Å². The van der Waals surface area contributed by atoms with E-state index in [9.17, 15) is 4.79 Å². The summed E-state index contributed by atoms with van der Waals surface area (Å²) in [5.74, 6) is 0.623. The van der Waals surface area contributed by atoms with E-state index in [1.807, 2.05) is 12.1 Å². The van der Waals surface area contributed by atoms with Crippen molar-refractivity contribution >= 4 is 5.91 Å². The minimum Gasteiger partial charge on any atom is -0.481 e. The van der Waals surface area contributed by atoms with E-state index < -0.39 is 0 Å². The molecule has 1 unspecified atom stereocenters. The van der Waals surface area contributed by atoms with Gasteiger partial charge >= 0.3 is 0 Å². The van der Waals surface area contributed by atoms with Crippen molar-refractivity contribution in [2.75, 3.05) is 13.7 Å². The zero-order chi connectivity index (χ0) is 13.5. The third-order valence-electron chi connectivity index (χ3n) is 3.22. The third kappa shape index (κ3) is 4.52. The van der Waals surface area contributed by atoms with Crippen molar-refractivity contribution in [3.05, 3.63) is 23.9 Å². The van der Waals surface area contributed by atoms with E-state index in [0.717, 1.165) is 31.4 Å². The van der Waals surface area contributed by atoms with Gasteiger partial charge in [-0.2, -0.15) is 0 Å². The van der Waals surface area contributed by atoms with Gasteiger partial charge in [0.1, 0.15) is 0 Å². The maximum atomic E-state index is 11.7. The van der Waals surface area contributed by atoms with Crippen LogP contribution in [-0.4, -0.2) is 30.7 Å². The fourth-order valence-electron chi connectivity index (χ4n) is 2.13.